The fourth-order valence-electron chi connectivity index (χ4n) is 3.34. The summed E-state index contributed by atoms with van der Waals surface area (Å²) >= 11 is 1.84. The monoisotopic (exact) mass is 320 g/mol. The number of carbonyl (C=O) groups is 1. The molecule has 1 aliphatic heterocycles. The zero-order chi connectivity index (χ0) is 15.7. The summed E-state index contributed by atoms with van der Waals surface area (Å²) in [6.45, 7) is 10.6. The standard InChI is InChI=1S/C18H28N2OS/c1-13(2)16-11-19(12-17-14(3)7-9-22-17)8-6-18(21)20(16)10-15-4-5-15/h7,9,13,15-16H,4-6,8,10-12H2,1-3H3. The highest BCUT2D eigenvalue weighted by Crippen LogP contribution is 2.32. The van der Waals surface area contributed by atoms with Crippen molar-refractivity contribution in [2.45, 2.75) is 52.6 Å². The molecule has 0 aromatic carbocycles. The summed E-state index contributed by atoms with van der Waals surface area (Å²) in [5.74, 6) is 1.67. The third kappa shape index (κ3) is 3.72. The predicted octanol–water partition coefficient (Wildman–Crippen LogP) is 3.53. The van der Waals surface area contributed by atoms with E-state index in [9.17, 15) is 4.79 Å². The van der Waals surface area contributed by atoms with Crippen LogP contribution in [-0.4, -0.2) is 41.4 Å². The smallest absolute Gasteiger partial charge is 0.224 e. The number of thiophene rings is 1. The van der Waals surface area contributed by atoms with Crippen molar-refractivity contribution in [1.82, 2.24) is 9.80 Å². The van der Waals surface area contributed by atoms with Crippen molar-refractivity contribution in [3.8, 4) is 0 Å². The molecule has 0 bridgehead atoms. The average Bonchev–Trinajstić information content (AvgIpc) is 3.23. The van der Waals surface area contributed by atoms with Gasteiger partial charge in [0.25, 0.3) is 0 Å². The molecule has 1 atom stereocenters. The molecule has 1 aliphatic carbocycles. The zero-order valence-electron chi connectivity index (χ0n) is 14.0. The minimum atomic E-state index is 0.371. The number of rotatable bonds is 5. The molecule has 3 nitrogen and oxygen atoms in total. The lowest BCUT2D eigenvalue weighted by atomic mass is 10.0. The summed E-state index contributed by atoms with van der Waals surface area (Å²) in [5, 5.41) is 2.17. The number of hydrogen-bond acceptors (Lipinski definition) is 3. The van der Waals surface area contributed by atoms with Gasteiger partial charge in [-0.05, 0) is 48.6 Å². The Morgan fingerprint density at radius 2 is 2.14 bits per heavy atom. The summed E-state index contributed by atoms with van der Waals surface area (Å²) < 4.78 is 0. The maximum atomic E-state index is 12.6. The fourth-order valence-corrected chi connectivity index (χ4v) is 4.28. The van der Waals surface area contributed by atoms with Crippen LogP contribution in [0.25, 0.3) is 0 Å². The van der Waals surface area contributed by atoms with Gasteiger partial charge in [0, 0.05) is 43.5 Å². The maximum Gasteiger partial charge on any atom is 0.224 e. The van der Waals surface area contributed by atoms with E-state index in [1.165, 1.54) is 23.3 Å². The second-order valence-corrected chi connectivity index (χ2v) is 8.31. The van der Waals surface area contributed by atoms with E-state index in [1.54, 1.807) is 0 Å². The van der Waals surface area contributed by atoms with E-state index in [-0.39, 0.29) is 0 Å². The summed E-state index contributed by atoms with van der Waals surface area (Å²) in [7, 11) is 0. The molecule has 22 heavy (non-hydrogen) atoms. The van der Waals surface area contributed by atoms with Crippen molar-refractivity contribution in [3.05, 3.63) is 21.9 Å². The van der Waals surface area contributed by atoms with Gasteiger partial charge >= 0.3 is 0 Å². The van der Waals surface area contributed by atoms with E-state index in [1.807, 2.05) is 11.3 Å². The van der Waals surface area contributed by atoms with Crippen molar-refractivity contribution < 1.29 is 4.79 Å². The van der Waals surface area contributed by atoms with Gasteiger partial charge in [0.05, 0.1) is 0 Å². The first-order valence-electron chi connectivity index (χ1n) is 8.59. The van der Waals surface area contributed by atoms with Crippen LogP contribution >= 0.6 is 11.3 Å². The van der Waals surface area contributed by atoms with E-state index < -0.39 is 0 Å². The lowest BCUT2D eigenvalue weighted by Crippen LogP contribution is -2.47. The van der Waals surface area contributed by atoms with Crippen LogP contribution in [0.2, 0.25) is 0 Å². The minimum absolute atomic E-state index is 0.371. The van der Waals surface area contributed by atoms with E-state index in [2.05, 4.69) is 42.0 Å². The number of carbonyl (C=O) groups excluding carboxylic acids is 1. The Morgan fingerprint density at radius 1 is 1.36 bits per heavy atom. The summed E-state index contributed by atoms with van der Waals surface area (Å²) in [4.78, 5) is 18.8. The van der Waals surface area contributed by atoms with Crippen LogP contribution in [0, 0.1) is 18.8 Å². The Labute approximate surface area is 138 Å². The van der Waals surface area contributed by atoms with Crippen molar-refractivity contribution in [3.63, 3.8) is 0 Å². The van der Waals surface area contributed by atoms with Gasteiger partial charge in [-0.2, -0.15) is 0 Å². The first kappa shape index (κ1) is 16.0. The molecule has 4 heteroatoms. The highest BCUT2D eigenvalue weighted by atomic mass is 32.1. The van der Waals surface area contributed by atoms with E-state index in [0.29, 0.717) is 24.3 Å². The molecular formula is C18H28N2OS. The van der Waals surface area contributed by atoms with E-state index >= 15 is 0 Å². The normalized spacial score (nSPS) is 24.1. The second kappa shape index (κ2) is 6.71. The van der Waals surface area contributed by atoms with Gasteiger partial charge in [0.2, 0.25) is 5.91 Å². The van der Waals surface area contributed by atoms with Crippen LogP contribution < -0.4 is 0 Å². The van der Waals surface area contributed by atoms with Crippen molar-refractivity contribution in [2.75, 3.05) is 19.6 Å². The number of nitrogens with zero attached hydrogens (tertiary/aromatic N) is 2. The van der Waals surface area contributed by atoms with Crippen LogP contribution in [0.1, 0.15) is 43.6 Å². The Bertz CT molecular complexity index is 521. The van der Waals surface area contributed by atoms with Crippen molar-refractivity contribution in [1.29, 1.82) is 0 Å². The molecule has 1 aromatic heterocycles. The molecule has 3 rings (SSSR count). The topological polar surface area (TPSA) is 23.6 Å². The van der Waals surface area contributed by atoms with E-state index in [0.717, 1.165) is 32.1 Å². The third-order valence-corrected chi connectivity index (χ3v) is 6.07. The second-order valence-electron chi connectivity index (χ2n) is 7.31. The molecule has 1 saturated heterocycles. The molecule has 2 aliphatic rings. The van der Waals surface area contributed by atoms with Gasteiger partial charge < -0.3 is 4.90 Å². The Hall–Kier alpha value is -0.870. The largest absolute Gasteiger partial charge is 0.338 e. The van der Waals surface area contributed by atoms with Gasteiger partial charge in [-0.15, -0.1) is 11.3 Å². The molecule has 1 unspecified atom stereocenters. The number of hydrogen-bond donors (Lipinski definition) is 0. The van der Waals surface area contributed by atoms with Gasteiger partial charge in [-0.3, -0.25) is 9.69 Å². The van der Waals surface area contributed by atoms with Crippen LogP contribution in [0.15, 0.2) is 11.4 Å². The van der Waals surface area contributed by atoms with Gasteiger partial charge in [0.15, 0.2) is 0 Å². The van der Waals surface area contributed by atoms with Crippen LogP contribution in [0.5, 0.6) is 0 Å². The summed E-state index contributed by atoms with van der Waals surface area (Å²) in [5.41, 5.74) is 1.39. The highest BCUT2D eigenvalue weighted by molar-refractivity contribution is 7.10. The van der Waals surface area contributed by atoms with Crippen molar-refractivity contribution in [2.24, 2.45) is 11.8 Å². The Morgan fingerprint density at radius 3 is 2.73 bits per heavy atom. The quantitative estimate of drug-likeness (QED) is 0.828. The third-order valence-electron chi connectivity index (χ3n) is 5.06. The zero-order valence-corrected chi connectivity index (χ0v) is 14.9. The molecule has 122 valence electrons. The van der Waals surface area contributed by atoms with E-state index in [4.69, 9.17) is 0 Å². The Balaban J connectivity index is 1.72. The van der Waals surface area contributed by atoms with Gasteiger partial charge in [0.1, 0.15) is 0 Å². The SMILES string of the molecule is Cc1ccsc1CN1CCC(=O)N(CC2CC2)C(C(C)C)C1. The number of amides is 1. The maximum absolute atomic E-state index is 12.6. The molecule has 0 radical (unpaired) electrons. The van der Waals surface area contributed by atoms with Gasteiger partial charge in [-0.25, -0.2) is 0 Å². The number of aryl methyl sites for hydroxylation is 1. The summed E-state index contributed by atoms with van der Waals surface area (Å²) in [6.07, 6.45) is 3.31. The van der Waals surface area contributed by atoms with Gasteiger partial charge in [-0.1, -0.05) is 13.8 Å². The molecular weight excluding hydrogens is 292 g/mol. The first-order valence-corrected chi connectivity index (χ1v) is 9.47. The van der Waals surface area contributed by atoms with Crippen molar-refractivity contribution >= 4 is 17.2 Å². The predicted molar refractivity (Wildman–Crippen MR) is 92.0 cm³/mol. The minimum Gasteiger partial charge on any atom is -0.338 e. The van der Waals surface area contributed by atoms with Crippen LogP contribution in [0.3, 0.4) is 0 Å². The fraction of sp³-hybridized carbons (Fsp3) is 0.722. The Kier molecular flexibility index (Phi) is 4.88. The molecule has 0 spiro atoms. The lowest BCUT2D eigenvalue weighted by Gasteiger charge is -2.35. The molecule has 1 amide bonds. The lowest BCUT2D eigenvalue weighted by molar-refractivity contribution is -0.133. The van der Waals surface area contributed by atoms with Crippen LogP contribution in [0.4, 0.5) is 0 Å². The molecule has 0 N–H and O–H groups in total. The molecule has 2 fully saturated rings. The average molecular weight is 321 g/mol. The van der Waals surface area contributed by atoms with Crippen LogP contribution in [-0.2, 0) is 11.3 Å². The summed E-state index contributed by atoms with van der Waals surface area (Å²) in [6, 6.07) is 2.57. The highest BCUT2D eigenvalue weighted by Gasteiger charge is 2.35. The molecule has 1 saturated carbocycles. The molecule has 1 aromatic rings. The molecule has 2 heterocycles. The first-order chi connectivity index (χ1) is 10.5.